The average molecular weight is 189 g/mol. The number of benzene rings is 2. The van der Waals surface area contributed by atoms with E-state index in [4.69, 9.17) is 17.4 Å². The van der Waals surface area contributed by atoms with Gasteiger partial charge >= 0.3 is 0 Å². The van der Waals surface area contributed by atoms with Gasteiger partial charge in [-0.15, -0.1) is 0 Å². The van der Waals surface area contributed by atoms with E-state index in [0.29, 0.717) is 0 Å². The molecule has 0 aliphatic rings. The van der Waals surface area contributed by atoms with Crippen molar-refractivity contribution in [3.05, 3.63) is 36.4 Å². The molecule has 2 aromatic rings. The third-order valence-corrected chi connectivity index (χ3v) is 2.29. The van der Waals surface area contributed by atoms with Gasteiger partial charge in [0.25, 0.3) is 0 Å². The van der Waals surface area contributed by atoms with Crippen molar-refractivity contribution < 1.29 is 4.74 Å². The Kier molecular flexibility index (Phi) is 2.07. The molecule has 1 radical (unpaired) electrons. The lowest BCUT2D eigenvalue weighted by Crippen LogP contribution is -1.83. The van der Waals surface area contributed by atoms with Crippen molar-refractivity contribution in [2.75, 3.05) is 7.11 Å². The molecule has 2 aromatic carbocycles. The second kappa shape index (κ2) is 3.23. The Hall–Kier alpha value is -1.28. The van der Waals surface area contributed by atoms with Gasteiger partial charge in [0.15, 0.2) is 0 Å². The zero-order valence-electron chi connectivity index (χ0n) is 7.28. The van der Waals surface area contributed by atoms with Gasteiger partial charge in [-0.3, -0.25) is 0 Å². The predicted octanol–water partition coefficient (Wildman–Crippen LogP) is 3.40. The van der Waals surface area contributed by atoms with Crippen molar-refractivity contribution in [1.29, 1.82) is 0 Å². The van der Waals surface area contributed by atoms with Crippen molar-refractivity contribution >= 4 is 23.4 Å². The highest BCUT2D eigenvalue weighted by Crippen LogP contribution is 2.26. The first kappa shape index (κ1) is 8.32. The minimum atomic E-state index is 0.862. The van der Waals surface area contributed by atoms with Crippen LogP contribution in [0.3, 0.4) is 0 Å². The first-order valence-electron chi connectivity index (χ1n) is 4.05. The van der Waals surface area contributed by atoms with Gasteiger partial charge in [0, 0.05) is 10.3 Å². The van der Waals surface area contributed by atoms with Crippen LogP contribution in [0.25, 0.3) is 10.8 Å². The van der Waals surface area contributed by atoms with E-state index in [-0.39, 0.29) is 0 Å². The Morgan fingerprint density at radius 2 is 2.00 bits per heavy atom. The number of fused-ring (bicyclic) bond motifs is 1. The van der Waals surface area contributed by atoms with Gasteiger partial charge in [0.2, 0.25) is 0 Å². The fraction of sp³-hybridized carbons (Fsp3) is 0.0909. The maximum absolute atomic E-state index is 5.23. The largest absolute Gasteiger partial charge is 0.496 e. The molecular formula is C11H9OS. The Morgan fingerprint density at radius 1 is 1.15 bits per heavy atom. The Balaban J connectivity index is 2.77. The summed E-state index contributed by atoms with van der Waals surface area (Å²) in [4.78, 5) is 0.862. The van der Waals surface area contributed by atoms with E-state index in [0.717, 1.165) is 21.4 Å². The maximum Gasteiger partial charge on any atom is 0.126 e. The first-order chi connectivity index (χ1) is 6.31. The van der Waals surface area contributed by atoms with Gasteiger partial charge in [-0.1, -0.05) is 24.8 Å². The van der Waals surface area contributed by atoms with Gasteiger partial charge in [-0.25, -0.2) is 0 Å². The van der Waals surface area contributed by atoms with E-state index in [2.05, 4.69) is 0 Å². The second-order valence-corrected chi connectivity index (χ2v) is 3.31. The van der Waals surface area contributed by atoms with E-state index in [1.807, 2.05) is 36.4 Å². The lowest BCUT2D eigenvalue weighted by Gasteiger charge is -2.04. The lowest BCUT2D eigenvalue weighted by atomic mass is 10.1. The third kappa shape index (κ3) is 1.45. The molecule has 0 saturated heterocycles. The zero-order chi connectivity index (χ0) is 9.26. The van der Waals surface area contributed by atoms with Crippen LogP contribution in [0.15, 0.2) is 41.3 Å². The van der Waals surface area contributed by atoms with Gasteiger partial charge < -0.3 is 4.74 Å². The highest BCUT2D eigenvalue weighted by molar-refractivity contribution is 7.80. The summed E-state index contributed by atoms with van der Waals surface area (Å²) < 4.78 is 5.23. The molecule has 0 aliphatic heterocycles. The molecular weight excluding hydrogens is 180 g/mol. The number of methoxy groups -OCH3 is 1. The Morgan fingerprint density at radius 3 is 2.77 bits per heavy atom. The van der Waals surface area contributed by atoms with E-state index in [9.17, 15) is 0 Å². The van der Waals surface area contributed by atoms with Gasteiger partial charge in [-0.05, 0) is 29.7 Å². The molecule has 0 bridgehead atoms. The average Bonchev–Trinajstić information content (AvgIpc) is 2.16. The highest BCUT2D eigenvalue weighted by Gasteiger charge is 1.99. The standard InChI is InChI=1S/C11H9OS/c1-12-11-4-2-3-8-7-9(13)5-6-10(8)11/h2-7H,1H3. The quantitative estimate of drug-likeness (QED) is 0.668. The Bertz CT molecular complexity index is 437. The fourth-order valence-electron chi connectivity index (χ4n) is 1.41. The van der Waals surface area contributed by atoms with Crippen LogP contribution in [-0.4, -0.2) is 7.11 Å². The topological polar surface area (TPSA) is 9.23 Å². The van der Waals surface area contributed by atoms with Crippen LogP contribution < -0.4 is 4.74 Å². The minimum Gasteiger partial charge on any atom is -0.496 e. The van der Waals surface area contributed by atoms with Crippen LogP contribution in [0.4, 0.5) is 0 Å². The van der Waals surface area contributed by atoms with Crippen LogP contribution in [-0.2, 0) is 0 Å². The molecule has 2 heteroatoms. The molecule has 0 spiro atoms. The summed E-state index contributed by atoms with van der Waals surface area (Å²) in [6.07, 6.45) is 0. The summed E-state index contributed by atoms with van der Waals surface area (Å²) in [5, 5.41) is 2.24. The highest BCUT2D eigenvalue weighted by atomic mass is 32.1. The van der Waals surface area contributed by atoms with Crippen molar-refractivity contribution in [3.63, 3.8) is 0 Å². The van der Waals surface area contributed by atoms with Crippen LogP contribution >= 0.6 is 12.6 Å². The van der Waals surface area contributed by atoms with E-state index in [1.165, 1.54) is 0 Å². The molecule has 13 heavy (non-hydrogen) atoms. The van der Waals surface area contributed by atoms with E-state index >= 15 is 0 Å². The first-order valence-corrected chi connectivity index (χ1v) is 4.46. The molecule has 0 aliphatic carbocycles. The summed E-state index contributed by atoms with van der Waals surface area (Å²) in [6, 6.07) is 11.8. The summed E-state index contributed by atoms with van der Waals surface area (Å²) in [6.45, 7) is 0. The number of ether oxygens (including phenoxy) is 1. The monoisotopic (exact) mass is 189 g/mol. The van der Waals surface area contributed by atoms with Gasteiger partial charge in [0.05, 0.1) is 7.11 Å². The van der Waals surface area contributed by atoms with Crippen molar-refractivity contribution in [2.45, 2.75) is 4.90 Å². The fourth-order valence-corrected chi connectivity index (χ4v) is 1.61. The summed E-state index contributed by atoms with van der Waals surface area (Å²) in [5.74, 6) is 0.896. The summed E-state index contributed by atoms with van der Waals surface area (Å²) >= 11 is 5.08. The maximum atomic E-state index is 5.23. The molecule has 0 unspecified atom stereocenters. The van der Waals surface area contributed by atoms with Crippen LogP contribution in [0, 0.1) is 0 Å². The lowest BCUT2D eigenvalue weighted by molar-refractivity contribution is 0.420. The smallest absolute Gasteiger partial charge is 0.126 e. The molecule has 65 valence electrons. The van der Waals surface area contributed by atoms with Crippen molar-refractivity contribution in [2.24, 2.45) is 0 Å². The minimum absolute atomic E-state index is 0.862. The summed E-state index contributed by atoms with van der Waals surface area (Å²) in [7, 11) is 1.68. The van der Waals surface area contributed by atoms with E-state index in [1.54, 1.807) is 7.11 Å². The molecule has 0 amide bonds. The SMILES string of the molecule is COc1cccc2cc([S])ccc12. The Labute approximate surface area is 82.7 Å². The van der Waals surface area contributed by atoms with Crippen molar-refractivity contribution in [1.82, 2.24) is 0 Å². The van der Waals surface area contributed by atoms with Crippen LogP contribution in [0.2, 0.25) is 0 Å². The normalized spacial score (nSPS) is 10.2. The molecule has 0 saturated carbocycles. The van der Waals surface area contributed by atoms with Crippen molar-refractivity contribution in [3.8, 4) is 5.75 Å². The van der Waals surface area contributed by atoms with Gasteiger partial charge in [0.1, 0.15) is 5.75 Å². The molecule has 1 nitrogen and oxygen atoms in total. The number of hydrogen-bond acceptors (Lipinski definition) is 1. The molecule has 0 aromatic heterocycles. The molecule has 0 N–H and O–H groups in total. The third-order valence-electron chi connectivity index (χ3n) is 2.03. The molecule has 0 fully saturated rings. The number of rotatable bonds is 1. The molecule has 0 heterocycles. The van der Waals surface area contributed by atoms with Crippen LogP contribution in [0.5, 0.6) is 5.75 Å². The second-order valence-electron chi connectivity index (χ2n) is 2.84. The predicted molar refractivity (Wildman–Crippen MR) is 56.4 cm³/mol. The molecule has 0 atom stereocenters. The van der Waals surface area contributed by atoms with Gasteiger partial charge in [-0.2, -0.15) is 0 Å². The molecule has 2 rings (SSSR count). The zero-order valence-corrected chi connectivity index (χ0v) is 8.10. The summed E-state index contributed by atoms with van der Waals surface area (Å²) in [5.41, 5.74) is 0. The number of hydrogen-bond donors (Lipinski definition) is 0. The van der Waals surface area contributed by atoms with E-state index < -0.39 is 0 Å². The van der Waals surface area contributed by atoms with Crippen LogP contribution in [0.1, 0.15) is 0 Å².